The molecular weight excluding hydrogens is 455 g/mol. The Morgan fingerprint density at radius 3 is 2.50 bits per heavy atom. The monoisotopic (exact) mass is 473 g/mol. The van der Waals surface area contributed by atoms with Gasteiger partial charge in [-0.3, -0.25) is 4.79 Å². The molecule has 0 aliphatic heterocycles. The minimum atomic E-state index is -0.734. The summed E-state index contributed by atoms with van der Waals surface area (Å²) in [6.45, 7) is 4.09. The van der Waals surface area contributed by atoms with E-state index in [-0.39, 0.29) is 23.2 Å². The quantitative estimate of drug-likeness (QED) is 0.328. The molecule has 150 valence electrons. The molecule has 0 atom stereocenters. The lowest BCUT2D eigenvalue weighted by atomic mass is 10.2. The first-order chi connectivity index (χ1) is 13.4. The fourth-order valence-electron chi connectivity index (χ4n) is 2.58. The number of ether oxygens (including phenoxy) is 1. The third-order valence-electron chi connectivity index (χ3n) is 3.79. The number of thioether (sulfide) groups is 1. The normalized spacial score (nSPS) is 10.5. The van der Waals surface area contributed by atoms with E-state index in [0.29, 0.717) is 14.9 Å². The minimum Gasteiger partial charge on any atom is -0.468 e. The number of hydrogen-bond acceptors (Lipinski definition) is 3. The summed E-state index contributed by atoms with van der Waals surface area (Å²) in [5, 5.41) is 0.192. The number of halogens is 4. The Hall–Kier alpha value is -1.93. The van der Waals surface area contributed by atoms with Crippen LogP contribution in [0.5, 0.6) is 0 Å². The predicted molar refractivity (Wildman–Crippen MR) is 109 cm³/mol. The fraction of sp³-hybridized carbons (Fsp3) is 0.250. The van der Waals surface area contributed by atoms with Crippen LogP contribution in [0.15, 0.2) is 45.9 Å². The van der Waals surface area contributed by atoms with Crippen LogP contribution in [0.4, 0.5) is 13.2 Å². The average Bonchev–Trinajstić information content (AvgIpc) is 3.01. The highest BCUT2D eigenvalue weighted by Gasteiger charge is 2.17. The highest BCUT2D eigenvalue weighted by molar-refractivity contribution is 9.10. The molecule has 2 aromatic carbocycles. The number of hydrogen-bond donors (Lipinski definition) is 0. The molecule has 3 nitrogen and oxygen atoms in total. The first kappa shape index (κ1) is 22.4. The van der Waals surface area contributed by atoms with Crippen molar-refractivity contribution in [3.8, 4) is 0 Å². The zero-order valence-electron chi connectivity index (χ0n) is 15.6. The van der Waals surface area contributed by atoms with Gasteiger partial charge in [-0.15, -0.1) is 11.8 Å². The van der Waals surface area contributed by atoms with Gasteiger partial charge in [-0.05, 0) is 18.2 Å². The van der Waals surface area contributed by atoms with Crippen molar-refractivity contribution >= 4 is 44.6 Å². The van der Waals surface area contributed by atoms with E-state index >= 15 is 0 Å². The smallest absolute Gasteiger partial charge is 0.315 e. The van der Waals surface area contributed by atoms with E-state index < -0.39 is 23.4 Å². The van der Waals surface area contributed by atoms with Crippen LogP contribution in [0, 0.1) is 17.5 Å². The number of esters is 1. The van der Waals surface area contributed by atoms with Crippen LogP contribution in [-0.4, -0.2) is 23.4 Å². The third kappa shape index (κ3) is 5.11. The molecule has 0 aliphatic carbocycles. The van der Waals surface area contributed by atoms with E-state index in [9.17, 15) is 18.0 Å². The summed E-state index contributed by atoms with van der Waals surface area (Å²) in [4.78, 5) is 11.8. The van der Waals surface area contributed by atoms with E-state index in [2.05, 4.69) is 20.7 Å². The lowest BCUT2D eigenvalue weighted by Gasteiger charge is -2.07. The van der Waals surface area contributed by atoms with Gasteiger partial charge < -0.3 is 9.30 Å². The number of aromatic nitrogens is 1. The molecule has 0 aliphatic rings. The molecule has 0 N–H and O–H groups in total. The Bertz CT molecular complexity index is 991. The van der Waals surface area contributed by atoms with Gasteiger partial charge in [0.25, 0.3) is 0 Å². The largest absolute Gasteiger partial charge is 0.468 e. The number of carbonyl (C=O) groups excluding carboxylic acids is 1. The van der Waals surface area contributed by atoms with Crippen molar-refractivity contribution in [1.82, 2.24) is 4.57 Å². The summed E-state index contributed by atoms with van der Waals surface area (Å²) in [6.07, 6.45) is 1.59. The Kier molecular flexibility index (Phi) is 8.00. The Morgan fingerprint density at radius 1 is 1.14 bits per heavy atom. The van der Waals surface area contributed by atoms with E-state index in [1.807, 2.05) is 13.8 Å². The second kappa shape index (κ2) is 10.0. The number of rotatable bonds is 5. The molecule has 3 rings (SSSR count). The highest BCUT2D eigenvalue weighted by atomic mass is 79.9. The molecule has 0 amide bonds. The molecule has 1 heterocycles. The second-order valence-corrected chi connectivity index (χ2v) is 7.44. The van der Waals surface area contributed by atoms with E-state index in [1.54, 1.807) is 22.9 Å². The van der Waals surface area contributed by atoms with Crippen molar-refractivity contribution < 1.29 is 22.7 Å². The van der Waals surface area contributed by atoms with E-state index in [4.69, 9.17) is 0 Å². The molecule has 0 saturated heterocycles. The lowest BCUT2D eigenvalue weighted by molar-refractivity contribution is -0.137. The van der Waals surface area contributed by atoms with Crippen LogP contribution >= 0.6 is 27.7 Å². The maximum Gasteiger partial charge on any atom is 0.315 e. The summed E-state index contributed by atoms with van der Waals surface area (Å²) in [6, 6.07) is 6.60. The molecule has 28 heavy (non-hydrogen) atoms. The summed E-state index contributed by atoms with van der Waals surface area (Å²) in [5.74, 6) is -2.37. The zero-order chi connectivity index (χ0) is 20.8. The molecule has 3 aromatic rings. The first-order valence-corrected chi connectivity index (χ1v) is 10.3. The third-order valence-corrected chi connectivity index (χ3v) is 5.29. The standard InChI is InChI=1S/C18H13BrF3NO2S.C2H6/c1-25-17(24)9-26-16-8-23(7-10-2-3-11(19)4-13(10)21)15-6-12(20)5-14(22)18(15)16;1-2/h2-6,8H,7,9H2,1H3;1-2H3. The molecular formula is C20H19BrF3NO2S. The maximum atomic E-state index is 14.3. The summed E-state index contributed by atoms with van der Waals surface area (Å²) in [5.41, 5.74) is 0.663. The summed E-state index contributed by atoms with van der Waals surface area (Å²) in [7, 11) is 1.26. The predicted octanol–water partition coefficient (Wildman–Crippen LogP) is 6.16. The number of nitrogens with zero attached hydrogens (tertiary/aromatic N) is 1. The van der Waals surface area contributed by atoms with Gasteiger partial charge in [0.05, 0.1) is 24.9 Å². The van der Waals surface area contributed by atoms with Crippen molar-refractivity contribution in [3.63, 3.8) is 0 Å². The molecule has 8 heteroatoms. The highest BCUT2D eigenvalue weighted by Crippen LogP contribution is 2.33. The molecule has 0 unspecified atom stereocenters. The van der Waals surface area contributed by atoms with Crippen molar-refractivity contribution in [3.05, 3.63) is 64.0 Å². The first-order valence-electron chi connectivity index (χ1n) is 8.50. The molecule has 0 saturated carbocycles. The summed E-state index contributed by atoms with van der Waals surface area (Å²) >= 11 is 4.27. The van der Waals surface area contributed by atoms with Crippen LogP contribution in [0.25, 0.3) is 10.9 Å². The van der Waals surface area contributed by atoms with Gasteiger partial charge >= 0.3 is 5.97 Å². The van der Waals surface area contributed by atoms with E-state index in [1.165, 1.54) is 19.2 Å². The van der Waals surface area contributed by atoms with Gasteiger partial charge in [0.2, 0.25) is 0 Å². The number of benzene rings is 2. The van der Waals surface area contributed by atoms with Crippen LogP contribution in [0.2, 0.25) is 0 Å². The number of methoxy groups -OCH3 is 1. The molecule has 0 fully saturated rings. The average molecular weight is 474 g/mol. The topological polar surface area (TPSA) is 31.2 Å². The molecule has 1 aromatic heterocycles. The molecule has 0 bridgehead atoms. The van der Waals surface area contributed by atoms with Crippen molar-refractivity contribution in [2.45, 2.75) is 25.3 Å². The maximum absolute atomic E-state index is 14.3. The van der Waals surface area contributed by atoms with Gasteiger partial charge in [0.1, 0.15) is 17.5 Å². The van der Waals surface area contributed by atoms with Crippen molar-refractivity contribution in [2.75, 3.05) is 12.9 Å². The number of fused-ring (bicyclic) bond motifs is 1. The molecule has 0 spiro atoms. The Balaban J connectivity index is 0.00000136. The van der Waals surface area contributed by atoms with Crippen molar-refractivity contribution in [2.24, 2.45) is 0 Å². The summed E-state index contributed by atoms with van der Waals surface area (Å²) < 4.78 is 48.9. The van der Waals surface area contributed by atoms with Gasteiger partial charge in [-0.1, -0.05) is 35.8 Å². The second-order valence-electron chi connectivity index (χ2n) is 5.50. The van der Waals surface area contributed by atoms with Gasteiger partial charge in [-0.25, -0.2) is 13.2 Å². The van der Waals surface area contributed by atoms with Gasteiger partial charge in [-0.2, -0.15) is 0 Å². The fourth-order valence-corrected chi connectivity index (χ4v) is 3.85. The van der Waals surface area contributed by atoms with Gasteiger partial charge in [0, 0.05) is 32.6 Å². The number of carbonyl (C=O) groups is 1. The van der Waals surface area contributed by atoms with Gasteiger partial charge in [0.15, 0.2) is 0 Å². The molecule has 0 radical (unpaired) electrons. The zero-order valence-corrected chi connectivity index (χ0v) is 18.0. The van der Waals surface area contributed by atoms with Crippen molar-refractivity contribution in [1.29, 1.82) is 0 Å². The van der Waals surface area contributed by atoms with Crippen LogP contribution in [0.1, 0.15) is 19.4 Å². The lowest BCUT2D eigenvalue weighted by Crippen LogP contribution is -2.02. The van der Waals surface area contributed by atoms with E-state index in [0.717, 1.165) is 17.8 Å². The van der Waals surface area contributed by atoms with Crippen LogP contribution in [0.3, 0.4) is 0 Å². The Morgan fingerprint density at radius 2 is 1.86 bits per heavy atom. The van der Waals surface area contributed by atoms with Crippen LogP contribution in [-0.2, 0) is 16.1 Å². The van der Waals surface area contributed by atoms with Crippen LogP contribution < -0.4 is 0 Å². The SMILES string of the molecule is CC.COC(=O)CSc1cn(Cc2ccc(Br)cc2F)c2cc(F)cc(F)c12. The minimum absolute atomic E-state index is 0.0148. The Labute approximate surface area is 174 Å².